The highest BCUT2D eigenvalue weighted by Gasteiger charge is 2.39. The quantitative estimate of drug-likeness (QED) is 0.603. The number of Topliss-reactive ketones (excluding diaryl/α,β-unsaturated/α-hetero) is 1. The Labute approximate surface area is 73.0 Å². The van der Waals surface area contributed by atoms with Gasteiger partial charge in [0.1, 0.15) is 6.04 Å². The van der Waals surface area contributed by atoms with E-state index in [0.29, 0.717) is 0 Å². The molecule has 2 rings (SSSR count). The summed E-state index contributed by atoms with van der Waals surface area (Å²) in [6.45, 7) is 0. The van der Waals surface area contributed by atoms with E-state index in [0.717, 1.165) is 10.4 Å². The van der Waals surface area contributed by atoms with Crippen LogP contribution in [0.15, 0.2) is 11.4 Å². The summed E-state index contributed by atoms with van der Waals surface area (Å²) < 4.78 is 0. The molecular weight excluding hydrogens is 182 g/mol. The highest BCUT2D eigenvalue weighted by Crippen LogP contribution is 2.35. The van der Waals surface area contributed by atoms with E-state index in [9.17, 15) is 4.79 Å². The Balaban J connectivity index is 2.56. The molecule has 0 fully saturated rings. The van der Waals surface area contributed by atoms with Crippen molar-refractivity contribution in [1.29, 1.82) is 0 Å². The van der Waals surface area contributed by atoms with Gasteiger partial charge in [0.05, 0.1) is 4.88 Å². The maximum Gasteiger partial charge on any atom is 0.197 e. The van der Waals surface area contributed by atoms with E-state index in [1.54, 1.807) is 0 Å². The van der Waals surface area contributed by atoms with Gasteiger partial charge in [0.15, 0.2) is 11.2 Å². The summed E-state index contributed by atoms with van der Waals surface area (Å²) in [7, 11) is 0. The Kier molecular flexibility index (Phi) is 1.52. The Hall–Kier alpha value is -0.380. The normalized spacial score (nSPS) is 29.1. The first kappa shape index (κ1) is 7.28. The number of thiophene rings is 1. The van der Waals surface area contributed by atoms with E-state index < -0.39 is 5.38 Å². The van der Waals surface area contributed by atoms with Crippen LogP contribution in [0.4, 0.5) is 0 Å². The molecule has 11 heavy (non-hydrogen) atoms. The van der Waals surface area contributed by atoms with E-state index in [4.69, 9.17) is 11.6 Å². The molecular formula is C7H7ClNOS+. The van der Waals surface area contributed by atoms with Crippen LogP contribution in [-0.4, -0.2) is 11.2 Å². The van der Waals surface area contributed by atoms with E-state index >= 15 is 0 Å². The van der Waals surface area contributed by atoms with E-state index in [-0.39, 0.29) is 11.8 Å². The van der Waals surface area contributed by atoms with E-state index in [2.05, 4.69) is 5.73 Å². The first-order valence-corrected chi connectivity index (χ1v) is 4.62. The van der Waals surface area contributed by atoms with E-state index in [1.165, 1.54) is 11.3 Å². The van der Waals surface area contributed by atoms with Gasteiger partial charge >= 0.3 is 0 Å². The summed E-state index contributed by atoms with van der Waals surface area (Å²) >= 11 is 7.27. The fourth-order valence-corrected chi connectivity index (χ4v) is 2.54. The van der Waals surface area contributed by atoms with Gasteiger partial charge in [-0.2, -0.15) is 0 Å². The number of alkyl halides is 1. The second-order valence-electron chi connectivity index (χ2n) is 2.58. The van der Waals surface area contributed by atoms with Gasteiger partial charge in [0.2, 0.25) is 0 Å². The number of rotatable bonds is 0. The van der Waals surface area contributed by atoms with Crippen LogP contribution < -0.4 is 5.73 Å². The molecule has 4 heteroatoms. The summed E-state index contributed by atoms with van der Waals surface area (Å²) in [5.41, 5.74) is 4.85. The zero-order valence-corrected chi connectivity index (χ0v) is 7.28. The number of hydrogen-bond acceptors (Lipinski definition) is 2. The average Bonchev–Trinajstić information content (AvgIpc) is 2.53. The first-order valence-electron chi connectivity index (χ1n) is 3.30. The van der Waals surface area contributed by atoms with Gasteiger partial charge in [0, 0.05) is 5.56 Å². The molecule has 1 aliphatic carbocycles. The van der Waals surface area contributed by atoms with Crippen LogP contribution in [-0.2, 0) is 0 Å². The van der Waals surface area contributed by atoms with Gasteiger partial charge in [-0.05, 0) is 11.4 Å². The van der Waals surface area contributed by atoms with Crippen LogP contribution >= 0.6 is 22.9 Å². The van der Waals surface area contributed by atoms with Crippen LogP contribution in [0.25, 0.3) is 0 Å². The standard InChI is InChI=1S/C7H6ClNOS/c8-4-5(9)3-1-2-11-7(3)6(4)10/h1-2,4-5H,9H2/p+1/t4-,5+/m1/s1. The Morgan fingerprint density at radius 1 is 1.64 bits per heavy atom. The monoisotopic (exact) mass is 188 g/mol. The van der Waals surface area contributed by atoms with Gasteiger partial charge in [0.25, 0.3) is 0 Å². The second kappa shape index (κ2) is 2.30. The highest BCUT2D eigenvalue weighted by atomic mass is 35.5. The fraction of sp³-hybridized carbons (Fsp3) is 0.286. The van der Waals surface area contributed by atoms with Crippen molar-refractivity contribution in [2.45, 2.75) is 11.4 Å². The first-order chi connectivity index (χ1) is 5.22. The zero-order valence-electron chi connectivity index (χ0n) is 5.71. The summed E-state index contributed by atoms with van der Waals surface area (Å²) in [4.78, 5) is 12.1. The zero-order chi connectivity index (χ0) is 8.01. The second-order valence-corrected chi connectivity index (χ2v) is 3.96. The number of halogens is 1. The lowest BCUT2D eigenvalue weighted by Gasteiger charge is -2.00. The molecule has 3 N–H and O–H groups in total. The summed E-state index contributed by atoms with van der Waals surface area (Å²) in [5, 5.41) is 1.47. The van der Waals surface area contributed by atoms with Crippen LogP contribution in [0, 0.1) is 0 Å². The predicted molar refractivity (Wildman–Crippen MR) is 43.9 cm³/mol. The van der Waals surface area contributed by atoms with Crippen LogP contribution in [0.5, 0.6) is 0 Å². The lowest BCUT2D eigenvalue weighted by Crippen LogP contribution is -2.56. The minimum atomic E-state index is -0.433. The lowest BCUT2D eigenvalue weighted by atomic mass is 10.2. The van der Waals surface area contributed by atoms with Crippen molar-refractivity contribution in [3.8, 4) is 0 Å². The third kappa shape index (κ3) is 0.851. The van der Waals surface area contributed by atoms with Crippen molar-refractivity contribution in [1.82, 2.24) is 0 Å². The maximum absolute atomic E-state index is 11.3. The lowest BCUT2D eigenvalue weighted by molar-refractivity contribution is -0.421. The fourth-order valence-electron chi connectivity index (χ4n) is 1.28. The third-order valence-corrected chi connectivity index (χ3v) is 3.37. The molecule has 0 saturated heterocycles. The topological polar surface area (TPSA) is 44.7 Å². The Morgan fingerprint density at radius 3 is 3.00 bits per heavy atom. The number of carbonyl (C=O) groups excluding carboxylic acids is 1. The molecule has 0 aliphatic heterocycles. The number of quaternary nitrogens is 1. The molecule has 0 saturated carbocycles. The minimum Gasteiger partial charge on any atom is -0.350 e. The highest BCUT2D eigenvalue weighted by molar-refractivity contribution is 7.12. The predicted octanol–water partition coefficient (Wildman–Crippen LogP) is 0.835. The molecule has 2 nitrogen and oxygen atoms in total. The smallest absolute Gasteiger partial charge is 0.197 e. The number of hydrogen-bond donors (Lipinski definition) is 1. The van der Waals surface area contributed by atoms with Gasteiger partial charge in [-0.1, -0.05) is 0 Å². The van der Waals surface area contributed by atoms with Crippen LogP contribution in [0.1, 0.15) is 21.3 Å². The van der Waals surface area contributed by atoms with Crippen molar-refractivity contribution in [3.05, 3.63) is 21.9 Å². The van der Waals surface area contributed by atoms with Crippen molar-refractivity contribution in [2.75, 3.05) is 0 Å². The molecule has 0 radical (unpaired) electrons. The number of fused-ring (bicyclic) bond motifs is 1. The van der Waals surface area contributed by atoms with Gasteiger partial charge in [-0.15, -0.1) is 22.9 Å². The summed E-state index contributed by atoms with van der Waals surface area (Å²) in [6, 6.07) is 1.88. The van der Waals surface area contributed by atoms with Crippen LogP contribution in [0.3, 0.4) is 0 Å². The van der Waals surface area contributed by atoms with Crippen LogP contribution in [0.2, 0.25) is 0 Å². The Bertz CT molecular complexity index is 309. The average molecular weight is 189 g/mol. The molecule has 0 amide bonds. The summed E-state index contributed by atoms with van der Waals surface area (Å²) in [5.74, 6) is 0.0386. The van der Waals surface area contributed by atoms with Gasteiger partial charge in [-0.3, -0.25) is 4.79 Å². The molecule has 0 bridgehead atoms. The van der Waals surface area contributed by atoms with Crippen molar-refractivity contribution in [3.63, 3.8) is 0 Å². The SMILES string of the molecule is [NH3+][C@H]1c2ccsc2C(=O)[C@@H]1Cl. The minimum absolute atomic E-state index is 0.0386. The van der Waals surface area contributed by atoms with Crippen molar-refractivity contribution in [2.24, 2.45) is 0 Å². The molecule has 0 unspecified atom stereocenters. The van der Waals surface area contributed by atoms with E-state index in [1.807, 2.05) is 11.4 Å². The number of carbonyl (C=O) groups is 1. The van der Waals surface area contributed by atoms with Crippen molar-refractivity contribution >= 4 is 28.7 Å². The molecule has 1 aromatic rings. The maximum atomic E-state index is 11.3. The molecule has 2 atom stereocenters. The molecule has 58 valence electrons. The molecule has 1 aromatic heterocycles. The largest absolute Gasteiger partial charge is 0.350 e. The summed E-state index contributed by atoms with van der Waals surface area (Å²) in [6.07, 6.45) is 0. The molecule has 1 heterocycles. The van der Waals surface area contributed by atoms with Gasteiger partial charge in [-0.25, -0.2) is 0 Å². The Morgan fingerprint density at radius 2 is 2.36 bits per heavy atom. The molecule has 1 aliphatic rings. The molecule has 0 spiro atoms. The number of ketones is 1. The van der Waals surface area contributed by atoms with Gasteiger partial charge < -0.3 is 5.73 Å². The third-order valence-electron chi connectivity index (χ3n) is 1.92. The molecule has 0 aromatic carbocycles. The van der Waals surface area contributed by atoms with Crippen molar-refractivity contribution < 1.29 is 10.5 Å².